The van der Waals surface area contributed by atoms with Gasteiger partial charge in [0.15, 0.2) is 5.69 Å². The highest BCUT2D eigenvalue weighted by Gasteiger charge is 2.25. The molecule has 1 N–H and O–H groups in total. The van der Waals surface area contributed by atoms with Gasteiger partial charge in [-0.1, -0.05) is 24.3 Å². The lowest BCUT2D eigenvalue weighted by Gasteiger charge is -2.17. The van der Waals surface area contributed by atoms with Crippen LogP contribution < -0.4 is 5.32 Å². The van der Waals surface area contributed by atoms with Crippen molar-refractivity contribution in [2.24, 2.45) is 0 Å². The Hall–Kier alpha value is -3.74. The summed E-state index contributed by atoms with van der Waals surface area (Å²) in [5.74, 6) is -0.195. The number of carbonyl (C=O) groups is 1. The van der Waals surface area contributed by atoms with Crippen LogP contribution in [0.3, 0.4) is 0 Å². The molecule has 7 heteroatoms. The zero-order valence-corrected chi connectivity index (χ0v) is 16.0. The Morgan fingerprint density at radius 3 is 2.90 bits per heavy atom. The molecule has 0 saturated carbocycles. The maximum absolute atomic E-state index is 12.7. The minimum atomic E-state index is -0.195. The fourth-order valence-corrected chi connectivity index (χ4v) is 3.71. The summed E-state index contributed by atoms with van der Waals surface area (Å²) in [4.78, 5) is 16.7. The van der Waals surface area contributed by atoms with Crippen LogP contribution in [0.2, 0.25) is 0 Å². The minimum Gasteiger partial charge on any atom is -0.347 e. The van der Waals surface area contributed by atoms with Gasteiger partial charge in [-0.05, 0) is 42.7 Å². The summed E-state index contributed by atoms with van der Waals surface area (Å²) in [5.41, 5.74) is 6.63. The first kappa shape index (κ1) is 17.4. The first-order valence-corrected chi connectivity index (χ1v) is 9.59. The molecule has 4 aromatic rings. The molecule has 144 valence electrons. The monoisotopic (exact) mass is 384 g/mol. The molecule has 29 heavy (non-hydrogen) atoms. The number of rotatable bonds is 4. The van der Waals surface area contributed by atoms with Gasteiger partial charge in [-0.2, -0.15) is 10.2 Å². The Morgan fingerprint density at radius 2 is 2.07 bits per heavy atom. The summed E-state index contributed by atoms with van der Waals surface area (Å²) in [7, 11) is 0. The number of benzene rings is 1. The van der Waals surface area contributed by atoms with Crippen LogP contribution in [0, 0.1) is 6.92 Å². The van der Waals surface area contributed by atoms with E-state index >= 15 is 0 Å². The number of nitrogens with one attached hydrogen (secondary N) is 1. The molecule has 5 rings (SSSR count). The van der Waals surface area contributed by atoms with Gasteiger partial charge in [-0.15, -0.1) is 0 Å². The molecule has 0 unspecified atom stereocenters. The van der Waals surface area contributed by atoms with Gasteiger partial charge in [0, 0.05) is 31.0 Å². The maximum atomic E-state index is 12.7. The van der Waals surface area contributed by atoms with E-state index in [0.717, 1.165) is 41.2 Å². The van der Waals surface area contributed by atoms with Crippen LogP contribution in [-0.2, 0) is 19.5 Å². The molecule has 1 aromatic carbocycles. The van der Waals surface area contributed by atoms with Crippen molar-refractivity contribution < 1.29 is 4.79 Å². The first-order chi connectivity index (χ1) is 14.2. The molecule has 3 aromatic heterocycles. The van der Waals surface area contributed by atoms with Crippen LogP contribution in [0.4, 0.5) is 0 Å². The number of aromatic nitrogens is 5. The number of hydrogen-bond acceptors (Lipinski definition) is 4. The Kier molecular flexibility index (Phi) is 4.20. The lowest BCUT2D eigenvalue weighted by molar-refractivity contribution is 0.0945. The summed E-state index contributed by atoms with van der Waals surface area (Å²) in [6.07, 6.45) is 6.21. The average molecular weight is 384 g/mol. The van der Waals surface area contributed by atoms with Gasteiger partial charge in [0.2, 0.25) is 0 Å². The van der Waals surface area contributed by atoms with Crippen LogP contribution >= 0.6 is 0 Å². The number of para-hydroxylation sites is 1. The topological polar surface area (TPSA) is 77.6 Å². The standard InChI is InChI=1S/C22H20N6O/c1-15-5-2-3-7-19(15)28-21-17(14-25-28)8-10-27-20(21)11-18(26-27)22(29)24-13-16-6-4-9-23-12-16/h2-7,9,11-12,14H,8,10,13H2,1H3,(H,24,29). The van der Waals surface area contributed by atoms with Gasteiger partial charge in [-0.25, -0.2) is 4.68 Å². The van der Waals surface area contributed by atoms with Crippen molar-refractivity contribution >= 4 is 5.91 Å². The van der Waals surface area contributed by atoms with Gasteiger partial charge < -0.3 is 5.32 Å². The first-order valence-electron chi connectivity index (χ1n) is 9.59. The van der Waals surface area contributed by atoms with Crippen molar-refractivity contribution in [1.82, 2.24) is 29.9 Å². The summed E-state index contributed by atoms with van der Waals surface area (Å²) in [5, 5.41) is 12.1. The summed E-state index contributed by atoms with van der Waals surface area (Å²) < 4.78 is 3.85. The number of pyridine rings is 1. The van der Waals surface area contributed by atoms with Crippen molar-refractivity contribution in [3.05, 3.63) is 83.4 Å². The van der Waals surface area contributed by atoms with E-state index < -0.39 is 0 Å². The normalized spacial score (nSPS) is 12.3. The van der Waals surface area contributed by atoms with Crippen LogP contribution in [0.25, 0.3) is 17.1 Å². The van der Waals surface area contributed by atoms with E-state index in [9.17, 15) is 4.79 Å². The van der Waals surface area contributed by atoms with E-state index in [1.165, 1.54) is 5.56 Å². The predicted molar refractivity (Wildman–Crippen MR) is 109 cm³/mol. The SMILES string of the molecule is Cc1ccccc1-n1ncc2c1-c1cc(C(=O)NCc3cccnc3)nn1CC2. The molecule has 0 radical (unpaired) electrons. The zero-order valence-electron chi connectivity index (χ0n) is 16.0. The van der Waals surface area contributed by atoms with Gasteiger partial charge in [0.25, 0.3) is 5.91 Å². The second-order valence-corrected chi connectivity index (χ2v) is 7.15. The van der Waals surface area contributed by atoms with Crippen LogP contribution in [0.15, 0.2) is 61.1 Å². The molecule has 0 atom stereocenters. The third kappa shape index (κ3) is 3.10. The van der Waals surface area contributed by atoms with Gasteiger partial charge in [0.05, 0.1) is 23.3 Å². The molecular formula is C22H20N6O. The largest absolute Gasteiger partial charge is 0.347 e. The van der Waals surface area contributed by atoms with Gasteiger partial charge in [0.1, 0.15) is 0 Å². The highest BCUT2D eigenvalue weighted by Crippen LogP contribution is 2.32. The maximum Gasteiger partial charge on any atom is 0.272 e. The van der Waals surface area contributed by atoms with Crippen LogP contribution in [0.1, 0.15) is 27.2 Å². The highest BCUT2D eigenvalue weighted by atomic mass is 16.1. The molecule has 1 aliphatic heterocycles. The lowest BCUT2D eigenvalue weighted by Crippen LogP contribution is -2.23. The Balaban J connectivity index is 1.47. The Bertz CT molecular complexity index is 1190. The number of carbonyl (C=O) groups excluding carboxylic acids is 1. The average Bonchev–Trinajstić information content (AvgIpc) is 3.37. The summed E-state index contributed by atoms with van der Waals surface area (Å²) in [6.45, 7) is 3.22. The number of hydrogen-bond donors (Lipinski definition) is 1. The van der Waals surface area contributed by atoms with Gasteiger partial charge in [-0.3, -0.25) is 14.5 Å². The van der Waals surface area contributed by atoms with Gasteiger partial charge >= 0.3 is 0 Å². The zero-order chi connectivity index (χ0) is 19.8. The van der Waals surface area contributed by atoms with E-state index in [2.05, 4.69) is 39.6 Å². The van der Waals surface area contributed by atoms with E-state index in [-0.39, 0.29) is 5.91 Å². The third-order valence-electron chi connectivity index (χ3n) is 5.21. The smallest absolute Gasteiger partial charge is 0.272 e. The fourth-order valence-electron chi connectivity index (χ4n) is 3.71. The van der Waals surface area contributed by atoms with Crippen molar-refractivity contribution in [2.75, 3.05) is 0 Å². The van der Waals surface area contributed by atoms with Crippen molar-refractivity contribution in [3.8, 4) is 17.1 Å². The molecule has 0 fully saturated rings. The quantitative estimate of drug-likeness (QED) is 0.587. The molecule has 0 saturated heterocycles. The predicted octanol–water partition coefficient (Wildman–Crippen LogP) is 2.93. The molecule has 4 heterocycles. The van der Waals surface area contributed by atoms with Crippen molar-refractivity contribution in [3.63, 3.8) is 0 Å². The number of amides is 1. The van der Waals surface area contributed by atoms with E-state index in [4.69, 9.17) is 0 Å². The molecule has 7 nitrogen and oxygen atoms in total. The molecular weight excluding hydrogens is 364 g/mol. The second-order valence-electron chi connectivity index (χ2n) is 7.15. The highest BCUT2D eigenvalue weighted by molar-refractivity contribution is 5.93. The number of fused-ring (bicyclic) bond motifs is 3. The summed E-state index contributed by atoms with van der Waals surface area (Å²) >= 11 is 0. The molecule has 1 amide bonds. The minimum absolute atomic E-state index is 0.195. The summed E-state index contributed by atoms with van der Waals surface area (Å²) in [6, 6.07) is 13.8. The van der Waals surface area contributed by atoms with Crippen LogP contribution in [-0.4, -0.2) is 30.5 Å². The molecule has 0 spiro atoms. The molecule has 0 aliphatic carbocycles. The second kappa shape index (κ2) is 7.01. The van der Waals surface area contributed by atoms with E-state index in [1.54, 1.807) is 12.4 Å². The molecule has 1 aliphatic rings. The van der Waals surface area contributed by atoms with Crippen molar-refractivity contribution in [2.45, 2.75) is 26.4 Å². The molecule has 0 bridgehead atoms. The Morgan fingerprint density at radius 1 is 1.17 bits per heavy atom. The van der Waals surface area contributed by atoms with Crippen LogP contribution in [0.5, 0.6) is 0 Å². The Labute approximate surface area is 168 Å². The van der Waals surface area contributed by atoms with Crippen molar-refractivity contribution in [1.29, 1.82) is 0 Å². The number of aryl methyl sites for hydroxylation is 3. The van der Waals surface area contributed by atoms with E-state index in [0.29, 0.717) is 12.2 Å². The number of nitrogens with zero attached hydrogens (tertiary/aromatic N) is 5. The van der Waals surface area contributed by atoms with E-state index in [1.807, 2.05) is 45.9 Å². The fraction of sp³-hybridized carbons (Fsp3) is 0.182. The lowest BCUT2D eigenvalue weighted by atomic mass is 10.1. The third-order valence-corrected chi connectivity index (χ3v) is 5.21.